The number of aryl methyl sites for hydroxylation is 1. The van der Waals surface area contributed by atoms with Gasteiger partial charge in [0.2, 0.25) is 11.8 Å². The van der Waals surface area contributed by atoms with Gasteiger partial charge >= 0.3 is 0 Å². The van der Waals surface area contributed by atoms with Gasteiger partial charge in [0.15, 0.2) is 0 Å². The van der Waals surface area contributed by atoms with Gasteiger partial charge < -0.3 is 9.32 Å². The molecule has 0 unspecified atom stereocenters. The number of halogens is 1. The van der Waals surface area contributed by atoms with Gasteiger partial charge in [-0.1, -0.05) is 42.5 Å². The number of hydrogen-bond acceptors (Lipinski definition) is 4. The maximum Gasteiger partial charge on any atom is 0.250 e. The molecule has 3 aromatic rings. The molecule has 1 amide bonds. The van der Waals surface area contributed by atoms with Gasteiger partial charge in [0.1, 0.15) is 5.82 Å². The lowest BCUT2D eigenvalue weighted by atomic mass is 9.90. The van der Waals surface area contributed by atoms with E-state index in [4.69, 9.17) is 4.42 Å². The van der Waals surface area contributed by atoms with E-state index in [1.807, 2.05) is 11.0 Å². The van der Waals surface area contributed by atoms with E-state index in [2.05, 4.69) is 34.5 Å². The molecule has 1 saturated heterocycles. The highest BCUT2D eigenvalue weighted by atomic mass is 19.1. The van der Waals surface area contributed by atoms with E-state index in [9.17, 15) is 9.18 Å². The Bertz CT molecular complexity index is 950. The van der Waals surface area contributed by atoms with E-state index in [1.54, 1.807) is 18.2 Å². The first-order valence-electron chi connectivity index (χ1n) is 10.1. The van der Waals surface area contributed by atoms with E-state index in [0.29, 0.717) is 24.7 Å². The zero-order valence-electron chi connectivity index (χ0n) is 16.3. The summed E-state index contributed by atoms with van der Waals surface area (Å²) in [5, 5.41) is 7.86. The minimum Gasteiger partial charge on any atom is -0.421 e. The Balaban J connectivity index is 1.25. The molecule has 2 heterocycles. The Morgan fingerprint density at radius 1 is 1.03 bits per heavy atom. The molecule has 29 heavy (non-hydrogen) atoms. The maximum atomic E-state index is 13.8. The summed E-state index contributed by atoms with van der Waals surface area (Å²) in [6, 6.07) is 16.8. The summed E-state index contributed by atoms with van der Waals surface area (Å²) in [6.07, 6.45) is 3.81. The molecule has 4 rings (SSSR count). The Labute approximate surface area is 169 Å². The minimum atomic E-state index is -0.405. The van der Waals surface area contributed by atoms with E-state index >= 15 is 0 Å². The van der Waals surface area contributed by atoms with Crippen molar-refractivity contribution in [3.8, 4) is 11.5 Å². The second-order valence-electron chi connectivity index (χ2n) is 7.49. The molecule has 0 atom stereocenters. The fraction of sp³-hybridized carbons (Fsp3) is 0.348. The van der Waals surface area contributed by atoms with Crippen LogP contribution < -0.4 is 0 Å². The van der Waals surface area contributed by atoms with Gasteiger partial charge in [-0.3, -0.25) is 4.79 Å². The van der Waals surface area contributed by atoms with Crippen LogP contribution in [-0.4, -0.2) is 34.1 Å². The van der Waals surface area contributed by atoms with Crippen LogP contribution in [0, 0.1) is 11.7 Å². The molecule has 0 bridgehead atoms. The predicted octanol–water partition coefficient (Wildman–Crippen LogP) is 4.29. The van der Waals surface area contributed by atoms with E-state index < -0.39 is 5.82 Å². The van der Waals surface area contributed by atoms with Crippen LogP contribution in [0.1, 0.15) is 30.7 Å². The smallest absolute Gasteiger partial charge is 0.250 e. The van der Waals surface area contributed by atoms with E-state index in [0.717, 1.165) is 32.4 Å². The Kier molecular flexibility index (Phi) is 5.98. The molecule has 6 heteroatoms. The number of carbonyl (C=O) groups is 1. The molecule has 1 aliphatic heterocycles. The fourth-order valence-corrected chi connectivity index (χ4v) is 3.80. The molecule has 150 valence electrons. The van der Waals surface area contributed by atoms with Crippen molar-refractivity contribution < 1.29 is 13.6 Å². The second kappa shape index (κ2) is 8.99. The number of rotatable bonds is 6. The number of likely N-dealkylation sites (tertiary alicyclic amines) is 1. The lowest BCUT2D eigenvalue weighted by Gasteiger charge is -2.32. The monoisotopic (exact) mass is 393 g/mol. The predicted molar refractivity (Wildman–Crippen MR) is 107 cm³/mol. The molecule has 0 saturated carbocycles. The number of carbonyl (C=O) groups excluding carboxylic acids is 1. The molecule has 1 aromatic heterocycles. The third kappa shape index (κ3) is 4.88. The normalized spacial score (nSPS) is 14.9. The van der Waals surface area contributed by atoms with Crippen molar-refractivity contribution in [1.82, 2.24) is 15.1 Å². The SMILES string of the molecule is O=C(CCc1nnc(-c2ccccc2F)o1)N1CCC(Cc2ccccc2)CC1. The van der Waals surface area contributed by atoms with Gasteiger partial charge in [0, 0.05) is 25.9 Å². The molecule has 0 N–H and O–H groups in total. The van der Waals surface area contributed by atoms with E-state index in [1.165, 1.54) is 11.6 Å². The molecule has 0 radical (unpaired) electrons. The lowest BCUT2D eigenvalue weighted by Crippen LogP contribution is -2.39. The molecule has 5 nitrogen and oxygen atoms in total. The first-order valence-corrected chi connectivity index (χ1v) is 10.1. The van der Waals surface area contributed by atoms with Crippen molar-refractivity contribution in [3.63, 3.8) is 0 Å². The van der Waals surface area contributed by atoms with Crippen molar-refractivity contribution in [2.45, 2.75) is 32.1 Å². The van der Waals surface area contributed by atoms with Gasteiger partial charge in [-0.2, -0.15) is 0 Å². The zero-order valence-corrected chi connectivity index (χ0v) is 16.3. The maximum absolute atomic E-state index is 13.8. The largest absolute Gasteiger partial charge is 0.421 e. The number of piperidine rings is 1. The summed E-state index contributed by atoms with van der Waals surface area (Å²) in [5.74, 6) is 0.828. The summed E-state index contributed by atoms with van der Waals surface area (Å²) in [7, 11) is 0. The number of hydrogen-bond donors (Lipinski definition) is 0. The average molecular weight is 393 g/mol. The van der Waals surface area contributed by atoms with E-state index in [-0.39, 0.29) is 17.4 Å². The minimum absolute atomic E-state index is 0.105. The third-order valence-electron chi connectivity index (χ3n) is 5.46. The van der Waals surface area contributed by atoms with Crippen molar-refractivity contribution in [3.05, 3.63) is 71.9 Å². The molecule has 1 fully saturated rings. The number of amides is 1. The van der Waals surface area contributed by atoms with Crippen LogP contribution >= 0.6 is 0 Å². The van der Waals surface area contributed by atoms with Gasteiger partial charge in [0.25, 0.3) is 5.89 Å². The van der Waals surface area contributed by atoms with Crippen LogP contribution in [0.3, 0.4) is 0 Å². The van der Waals surface area contributed by atoms with Gasteiger partial charge in [-0.05, 0) is 42.9 Å². The second-order valence-corrected chi connectivity index (χ2v) is 7.49. The first-order chi connectivity index (χ1) is 14.2. The molecule has 0 spiro atoms. The summed E-state index contributed by atoms with van der Waals surface area (Å²) < 4.78 is 19.4. The number of nitrogens with zero attached hydrogens (tertiary/aromatic N) is 3. The summed E-state index contributed by atoms with van der Waals surface area (Å²) in [4.78, 5) is 14.5. The Morgan fingerprint density at radius 2 is 1.76 bits per heavy atom. The fourth-order valence-electron chi connectivity index (χ4n) is 3.80. The molecular weight excluding hydrogens is 369 g/mol. The highest BCUT2D eigenvalue weighted by Crippen LogP contribution is 2.23. The summed E-state index contributed by atoms with van der Waals surface area (Å²) in [6.45, 7) is 1.58. The quantitative estimate of drug-likeness (QED) is 0.627. The molecule has 2 aromatic carbocycles. The van der Waals surface area contributed by atoms with Crippen molar-refractivity contribution >= 4 is 5.91 Å². The van der Waals surface area contributed by atoms with Crippen LogP contribution in [0.15, 0.2) is 59.0 Å². The highest BCUT2D eigenvalue weighted by molar-refractivity contribution is 5.76. The lowest BCUT2D eigenvalue weighted by molar-refractivity contribution is -0.132. The molecule has 0 aliphatic carbocycles. The standard InChI is InChI=1S/C23H24FN3O2/c24-20-9-5-4-8-19(20)23-26-25-21(29-23)10-11-22(28)27-14-12-18(13-15-27)16-17-6-2-1-3-7-17/h1-9,18H,10-16H2. The van der Waals surface area contributed by atoms with Crippen molar-refractivity contribution in [2.75, 3.05) is 13.1 Å². The van der Waals surface area contributed by atoms with Crippen LogP contribution in [-0.2, 0) is 17.6 Å². The number of benzene rings is 2. The zero-order chi connectivity index (χ0) is 20.1. The highest BCUT2D eigenvalue weighted by Gasteiger charge is 2.23. The van der Waals surface area contributed by atoms with Gasteiger partial charge in [0.05, 0.1) is 5.56 Å². The average Bonchev–Trinajstić information content (AvgIpc) is 3.22. The van der Waals surface area contributed by atoms with Gasteiger partial charge in [-0.15, -0.1) is 10.2 Å². The topological polar surface area (TPSA) is 59.2 Å². The summed E-state index contributed by atoms with van der Waals surface area (Å²) >= 11 is 0. The van der Waals surface area contributed by atoms with Crippen LogP contribution in [0.5, 0.6) is 0 Å². The first kappa shape index (κ1) is 19.3. The Morgan fingerprint density at radius 3 is 2.52 bits per heavy atom. The molecule has 1 aliphatic rings. The Hall–Kier alpha value is -3.02. The van der Waals surface area contributed by atoms with Gasteiger partial charge in [-0.25, -0.2) is 4.39 Å². The number of aromatic nitrogens is 2. The third-order valence-corrected chi connectivity index (χ3v) is 5.46. The van der Waals surface area contributed by atoms with Crippen LogP contribution in [0.2, 0.25) is 0 Å². The molecular formula is C23H24FN3O2. The summed E-state index contributed by atoms with van der Waals surface area (Å²) in [5.41, 5.74) is 1.64. The van der Waals surface area contributed by atoms with Crippen LogP contribution in [0.25, 0.3) is 11.5 Å². The van der Waals surface area contributed by atoms with Crippen molar-refractivity contribution in [2.24, 2.45) is 5.92 Å². The van der Waals surface area contributed by atoms with Crippen LogP contribution in [0.4, 0.5) is 4.39 Å². The van der Waals surface area contributed by atoms with Crippen molar-refractivity contribution in [1.29, 1.82) is 0 Å².